The lowest BCUT2D eigenvalue weighted by molar-refractivity contribution is 0.0697. The first-order valence-electron chi connectivity index (χ1n) is 9.89. The topological polar surface area (TPSA) is 71.5 Å². The summed E-state index contributed by atoms with van der Waals surface area (Å²) in [6.45, 7) is 2.72. The number of nitrogens with zero attached hydrogens (tertiary/aromatic N) is 1. The molecule has 0 spiro atoms. The summed E-state index contributed by atoms with van der Waals surface area (Å²) >= 11 is 0. The number of carboxylic acids is 1. The lowest BCUT2D eigenvalue weighted by Crippen LogP contribution is -2.19. The van der Waals surface area contributed by atoms with Crippen LogP contribution in [0, 0.1) is 6.92 Å². The van der Waals surface area contributed by atoms with Gasteiger partial charge in [0.05, 0.1) is 17.4 Å². The van der Waals surface area contributed by atoms with Crippen LogP contribution < -0.4 is 10.1 Å². The minimum atomic E-state index is -0.947. The van der Waals surface area contributed by atoms with Crippen LogP contribution in [0.2, 0.25) is 0 Å². The normalized spacial score (nSPS) is 15.4. The van der Waals surface area contributed by atoms with E-state index in [1.54, 1.807) is 6.20 Å². The molecule has 5 nitrogen and oxygen atoms in total. The molecule has 0 fully saturated rings. The molecule has 148 valence electrons. The van der Waals surface area contributed by atoms with Crippen LogP contribution >= 0.6 is 0 Å². The van der Waals surface area contributed by atoms with E-state index < -0.39 is 5.97 Å². The summed E-state index contributed by atoms with van der Waals surface area (Å²) in [4.78, 5) is 15.5. The second kappa shape index (κ2) is 8.35. The highest BCUT2D eigenvalue weighted by molar-refractivity contribution is 5.93. The number of fused-ring (bicyclic) bond motifs is 1. The Hall–Kier alpha value is -3.34. The van der Waals surface area contributed by atoms with Crippen LogP contribution in [0.5, 0.6) is 11.5 Å². The number of rotatable bonds is 6. The standard InChI is InChI=1S/C24H24N2O3/c1-16-5-2-3-8-23(16)29-19-9-10-20-17(13-19)6-4-7-18(20)14-26-22-15-25-12-11-21(22)24(27)28/h2-3,5,8-13,15,18,26H,4,6-7,14H2,1H3,(H,27,28). The summed E-state index contributed by atoms with van der Waals surface area (Å²) in [6, 6.07) is 15.8. The Kier molecular flexibility index (Phi) is 5.47. The fourth-order valence-electron chi connectivity index (χ4n) is 3.92. The molecule has 0 saturated heterocycles. The molecule has 0 aliphatic heterocycles. The maximum atomic E-state index is 11.4. The van der Waals surface area contributed by atoms with Crippen molar-refractivity contribution in [3.8, 4) is 11.5 Å². The van der Waals surface area contributed by atoms with Crippen molar-refractivity contribution in [3.05, 3.63) is 83.2 Å². The molecule has 29 heavy (non-hydrogen) atoms. The van der Waals surface area contributed by atoms with E-state index in [-0.39, 0.29) is 5.56 Å². The molecule has 0 saturated carbocycles. The highest BCUT2D eigenvalue weighted by Crippen LogP contribution is 2.35. The second-order valence-corrected chi connectivity index (χ2v) is 7.42. The van der Waals surface area contributed by atoms with Crippen LogP contribution in [0.15, 0.2) is 60.9 Å². The highest BCUT2D eigenvalue weighted by Gasteiger charge is 2.21. The lowest BCUT2D eigenvalue weighted by Gasteiger charge is -2.27. The molecule has 0 bridgehead atoms. The van der Waals surface area contributed by atoms with Gasteiger partial charge in [0, 0.05) is 18.7 Å². The number of benzene rings is 2. The highest BCUT2D eigenvalue weighted by atomic mass is 16.5. The van der Waals surface area contributed by atoms with Gasteiger partial charge in [-0.25, -0.2) is 4.79 Å². The number of ether oxygens (including phenoxy) is 1. The quantitative estimate of drug-likeness (QED) is 0.590. The molecule has 2 aromatic carbocycles. The molecule has 3 aromatic rings. The number of anilines is 1. The van der Waals surface area contributed by atoms with Crippen molar-refractivity contribution in [3.63, 3.8) is 0 Å². The van der Waals surface area contributed by atoms with Crippen molar-refractivity contribution in [1.29, 1.82) is 0 Å². The molecule has 0 amide bonds. The Labute approximate surface area is 170 Å². The van der Waals surface area contributed by atoms with Gasteiger partial charge in [0.1, 0.15) is 11.5 Å². The van der Waals surface area contributed by atoms with Gasteiger partial charge >= 0.3 is 5.97 Å². The number of carboxylic acid groups (broad SMARTS) is 1. The zero-order chi connectivity index (χ0) is 20.2. The lowest BCUT2D eigenvalue weighted by atomic mass is 9.82. The monoisotopic (exact) mass is 388 g/mol. The van der Waals surface area contributed by atoms with E-state index >= 15 is 0 Å². The number of hydrogen-bond donors (Lipinski definition) is 2. The Morgan fingerprint density at radius 3 is 2.93 bits per heavy atom. The predicted octanol–water partition coefficient (Wildman–Crippen LogP) is 5.41. The summed E-state index contributed by atoms with van der Waals surface area (Å²) < 4.78 is 6.09. The third-order valence-electron chi connectivity index (χ3n) is 5.46. The molecule has 5 heteroatoms. The summed E-state index contributed by atoms with van der Waals surface area (Å²) in [7, 11) is 0. The maximum absolute atomic E-state index is 11.4. The van der Waals surface area contributed by atoms with E-state index in [1.165, 1.54) is 23.4 Å². The summed E-state index contributed by atoms with van der Waals surface area (Å²) in [5.41, 5.74) is 4.53. The van der Waals surface area contributed by atoms with E-state index in [0.29, 0.717) is 18.2 Å². The average molecular weight is 388 g/mol. The number of nitrogens with one attached hydrogen (secondary N) is 1. The minimum absolute atomic E-state index is 0.248. The largest absolute Gasteiger partial charge is 0.478 e. The number of carbonyl (C=O) groups is 1. The van der Waals surface area contributed by atoms with Crippen molar-refractivity contribution in [1.82, 2.24) is 4.98 Å². The average Bonchev–Trinajstić information content (AvgIpc) is 2.74. The molecular formula is C24H24N2O3. The van der Waals surface area contributed by atoms with E-state index in [2.05, 4.69) is 22.4 Å². The molecular weight excluding hydrogens is 364 g/mol. The van der Waals surface area contributed by atoms with Gasteiger partial charge in [-0.1, -0.05) is 24.3 Å². The van der Waals surface area contributed by atoms with Gasteiger partial charge in [0.25, 0.3) is 0 Å². The van der Waals surface area contributed by atoms with E-state index in [0.717, 1.165) is 36.3 Å². The fraction of sp³-hybridized carbons (Fsp3) is 0.250. The molecule has 0 radical (unpaired) electrons. The van der Waals surface area contributed by atoms with Gasteiger partial charge in [-0.15, -0.1) is 0 Å². The molecule has 2 N–H and O–H groups in total. The third-order valence-corrected chi connectivity index (χ3v) is 5.46. The number of pyridine rings is 1. The smallest absolute Gasteiger partial charge is 0.337 e. The number of hydrogen-bond acceptors (Lipinski definition) is 4. The summed E-state index contributed by atoms with van der Waals surface area (Å²) in [5.74, 6) is 1.11. The molecule has 1 atom stereocenters. The Morgan fingerprint density at radius 2 is 2.10 bits per heavy atom. The second-order valence-electron chi connectivity index (χ2n) is 7.42. The van der Waals surface area contributed by atoms with Crippen LogP contribution in [0.3, 0.4) is 0 Å². The number of aryl methyl sites for hydroxylation is 2. The van der Waals surface area contributed by atoms with Crippen LogP contribution in [0.1, 0.15) is 45.8 Å². The van der Waals surface area contributed by atoms with Crippen molar-refractivity contribution in [2.24, 2.45) is 0 Å². The molecule has 1 aromatic heterocycles. The Morgan fingerprint density at radius 1 is 1.24 bits per heavy atom. The van der Waals surface area contributed by atoms with E-state index in [1.807, 2.05) is 37.3 Å². The van der Waals surface area contributed by atoms with Crippen LogP contribution in [0.4, 0.5) is 5.69 Å². The van der Waals surface area contributed by atoms with Gasteiger partial charge < -0.3 is 15.2 Å². The first-order valence-corrected chi connectivity index (χ1v) is 9.89. The van der Waals surface area contributed by atoms with Crippen molar-refractivity contribution >= 4 is 11.7 Å². The van der Waals surface area contributed by atoms with Gasteiger partial charge in [0.15, 0.2) is 0 Å². The molecule has 4 rings (SSSR count). The molecule has 1 unspecified atom stereocenters. The van der Waals surface area contributed by atoms with Crippen LogP contribution in [0.25, 0.3) is 0 Å². The van der Waals surface area contributed by atoms with E-state index in [4.69, 9.17) is 4.74 Å². The molecule has 1 aliphatic carbocycles. The van der Waals surface area contributed by atoms with Gasteiger partial charge in [-0.05, 0) is 67.1 Å². The van der Waals surface area contributed by atoms with Gasteiger partial charge in [-0.2, -0.15) is 0 Å². The fourth-order valence-corrected chi connectivity index (χ4v) is 3.92. The number of para-hydroxylation sites is 1. The SMILES string of the molecule is Cc1ccccc1Oc1ccc2c(c1)CCCC2CNc1cnccc1C(=O)O. The Balaban J connectivity index is 1.50. The maximum Gasteiger partial charge on any atom is 0.337 e. The van der Waals surface area contributed by atoms with Crippen LogP contribution in [-0.4, -0.2) is 22.6 Å². The zero-order valence-corrected chi connectivity index (χ0v) is 16.4. The minimum Gasteiger partial charge on any atom is -0.478 e. The van der Waals surface area contributed by atoms with Crippen LogP contribution in [-0.2, 0) is 6.42 Å². The number of aromatic carboxylic acids is 1. The summed E-state index contributed by atoms with van der Waals surface area (Å²) in [6.07, 6.45) is 6.28. The van der Waals surface area contributed by atoms with E-state index in [9.17, 15) is 9.90 Å². The Bertz CT molecular complexity index is 1030. The third kappa shape index (κ3) is 4.24. The first kappa shape index (κ1) is 19.0. The van der Waals surface area contributed by atoms with Crippen molar-refractivity contribution in [2.45, 2.75) is 32.1 Å². The predicted molar refractivity (Wildman–Crippen MR) is 113 cm³/mol. The molecule has 1 heterocycles. The first-order chi connectivity index (χ1) is 14.1. The summed E-state index contributed by atoms with van der Waals surface area (Å²) in [5, 5.41) is 12.6. The zero-order valence-electron chi connectivity index (χ0n) is 16.4. The number of aromatic nitrogens is 1. The van der Waals surface area contributed by atoms with Crippen molar-refractivity contribution < 1.29 is 14.6 Å². The molecule has 1 aliphatic rings. The van der Waals surface area contributed by atoms with Gasteiger partial charge in [-0.3, -0.25) is 4.98 Å². The van der Waals surface area contributed by atoms with Gasteiger partial charge in [0.2, 0.25) is 0 Å². The van der Waals surface area contributed by atoms with Crippen molar-refractivity contribution in [2.75, 3.05) is 11.9 Å².